The summed E-state index contributed by atoms with van der Waals surface area (Å²) in [5.74, 6) is 0. The van der Waals surface area contributed by atoms with Crippen LogP contribution in [0.25, 0.3) is 0 Å². The molecule has 36 valence electrons. The Morgan fingerprint density at radius 2 is 2.33 bits per heavy atom. The lowest BCUT2D eigenvalue weighted by Crippen LogP contribution is -1.87. The molecule has 1 atom stereocenters. The lowest BCUT2D eigenvalue weighted by molar-refractivity contribution is 0.991. The highest BCUT2D eigenvalue weighted by Crippen LogP contribution is 1.98. The van der Waals surface area contributed by atoms with Gasteiger partial charge in [0.05, 0.1) is 0 Å². The molecule has 0 amide bonds. The molecule has 0 spiro atoms. The molecule has 0 saturated carbocycles. The number of hydrogen-bond donors (Lipinski definition) is 0. The van der Waals surface area contributed by atoms with Crippen LogP contribution in [0.2, 0.25) is 0 Å². The van der Waals surface area contributed by atoms with E-state index >= 15 is 0 Å². The molecule has 0 N–H and O–H groups in total. The average molecular weight is 102 g/mol. The molecule has 6 heavy (non-hydrogen) atoms. The van der Waals surface area contributed by atoms with Gasteiger partial charge in [-0.2, -0.15) is 0 Å². The van der Waals surface area contributed by atoms with Crippen molar-refractivity contribution in [2.24, 2.45) is 0 Å². The van der Waals surface area contributed by atoms with Gasteiger partial charge in [-0.3, -0.25) is 0 Å². The predicted molar refractivity (Wildman–Crippen MR) is 31.6 cm³/mol. The Morgan fingerprint density at radius 1 is 1.83 bits per heavy atom. The summed E-state index contributed by atoms with van der Waals surface area (Å²) in [5.41, 5.74) is 0. The van der Waals surface area contributed by atoms with Gasteiger partial charge in [-0.1, -0.05) is 32.9 Å². The highest BCUT2D eigenvalue weighted by Gasteiger charge is 1.88. The molecule has 0 heterocycles. The fourth-order valence-electron chi connectivity index (χ4n) is 0.332. The predicted octanol–water partition coefficient (Wildman–Crippen LogP) is 2.19. The fourth-order valence-corrected chi connectivity index (χ4v) is 0.524. The number of rotatable bonds is 2. The van der Waals surface area contributed by atoms with Crippen LogP contribution in [-0.2, 0) is 0 Å². The Balaban J connectivity index is 2.63. The standard InChI is InChI=1S/C5H10S/c1-3-4-5(2)6/h4-5H,3H2,1-2H3. The van der Waals surface area contributed by atoms with Crippen LogP contribution in [0.1, 0.15) is 20.3 Å². The van der Waals surface area contributed by atoms with Crippen molar-refractivity contribution in [2.75, 3.05) is 0 Å². The maximum absolute atomic E-state index is 4.82. The van der Waals surface area contributed by atoms with E-state index in [1.54, 1.807) is 0 Å². The second kappa shape index (κ2) is 3.54. The third kappa shape index (κ3) is 4.35. The van der Waals surface area contributed by atoms with Crippen molar-refractivity contribution in [3.8, 4) is 0 Å². The molecule has 2 radical (unpaired) electrons. The maximum Gasteiger partial charge on any atom is 0.0154 e. The fraction of sp³-hybridized carbons (Fsp3) is 0.800. The third-order valence-corrected chi connectivity index (χ3v) is 0.760. The van der Waals surface area contributed by atoms with E-state index in [1.165, 1.54) is 0 Å². The normalized spacial score (nSPS) is 14.5. The van der Waals surface area contributed by atoms with Gasteiger partial charge in [0.15, 0.2) is 0 Å². The summed E-state index contributed by atoms with van der Waals surface area (Å²) in [6.07, 6.45) is 3.21. The SMILES string of the molecule is CC[CH]C(C)[S]. The third-order valence-electron chi connectivity index (χ3n) is 0.568. The van der Waals surface area contributed by atoms with Gasteiger partial charge in [0.2, 0.25) is 0 Å². The lowest BCUT2D eigenvalue weighted by Gasteiger charge is -1.93. The zero-order chi connectivity index (χ0) is 4.99. The molecule has 0 fully saturated rings. The summed E-state index contributed by atoms with van der Waals surface area (Å²) >= 11 is 4.82. The Labute approximate surface area is 45.4 Å². The summed E-state index contributed by atoms with van der Waals surface area (Å²) in [6.45, 7) is 4.11. The molecule has 0 aromatic heterocycles. The van der Waals surface area contributed by atoms with Gasteiger partial charge in [0.1, 0.15) is 0 Å². The van der Waals surface area contributed by atoms with Crippen molar-refractivity contribution in [3.05, 3.63) is 6.42 Å². The van der Waals surface area contributed by atoms with E-state index in [4.69, 9.17) is 12.6 Å². The van der Waals surface area contributed by atoms with Crippen LogP contribution in [0.4, 0.5) is 0 Å². The first-order valence-corrected chi connectivity index (χ1v) is 2.73. The minimum absolute atomic E-state index is 0.356. The molecule has 0 saturated heterocycles. The maximum atomic E-state index is 4.82. The van der Waals surface area contributed by atoms with E-state index < -0.39 is 0 Å². The van der Waals surface area contributed by atoms with Crippen molar-refractivity contribution >= 4 is 12.6 Å². The summed E-state index contributed by atoms with van der Waals surface area (Å²) < 4.78 is 0. The average Bonchev–Trinajstić information content (AvgIpc) is 1.35. The summed E-state index contributed by atoms with van der Waals surface area (Å²) in [7, 11) is 0. The van der Waals surface area contributed by atoms with Crippen molar-refractivity contribution in [3.63, 3.8) is 0 Å². The summed E-state index contributed by atoms with van der Waals surface area (Å²) in [6, 6.07) is 0. The van der Waals surface area contributed by atoms with Gasteiger partial charge in [-0.05, 0) is 6.42 Å². The van der Waals surface area contributed by atoms with Crippen LogP contribution >= 0.6 is 12.6 Å². The van der Waals surface area contributed by atoms with Crippen molar-refractivity contribution in [2.45, 2.75) is 25.5 Å². The van der Waals surface area contributed by atoms with Crippen LogP contribution in [-0.4, -0.2) is 5.25 Å². The summed E-state index contributed by atoms with van der Waals surface area (Å²) in [5, 5.41) is 0.356. The monoisotopic (exact) mass is 102 g/mol. The molecule has 0 aromatic rings. The zero-order valence-electron chi connectivity index (χ0n) is 4.27. The van der Waals surface area contributed by atoms with Gasteiger partial charge in [-0.25, -0.2) is 0 Å². The molecule has 0 aliphatic rings. The van der Waals surface area contributed by atoms with E-state index in [0.717, 1.165) is 6.42 Å². The van der Waals surface area contributed by atoms with Gasteiger partial charge in [0, 0.05) is 5.25 Å². The molecular formula is C5H10S. The minimum Gasteiger partial charge on any atom is -0.0904 e. The van der Waals surface area contributed by atoms with Crippen LogP contribution in [0.15, 0.2) is 0 Å². The summed E-state index contributed by atoms with van der Waals surface area (Å²) in [4.78, 5) is 0. The first-order chi connectivity index (χ1) is 2.77. The van der Waals surface area contributed by atoms with E-state index in [1.807, 2.05) is 6.92 Å². The van der Waals surface area contributed by atoms with Crippen LogP contribution in [0.3, 0.4) is 0 Å². The Kier molecular flexibility index (Phi) is 3.74. The Hall–Kier alpha value is 0.350. The topological polar surface area (TPSA) is 0 Å². The van der Waals surface area contributed by atoms with Crippen LogP contribution in [0, 0.1) is 6.42 Å². The van der Waals surface area contributed by atoms with Gasteiger partial charge in [-0.15, -0.1) is 0 Å². The van der Waals surface area contributed by atoms with Gasteiger partial charge >= 0.3 is 0 Å². The zero-order valence-corrected chi connectivity index (χ0v) is 5.09. The quantitative estimate of drug-likeness (QED) is 0.501. The van der Waals surface area contributed by atoms with Crippen LogP contribution < -0.4 is 0 Å². The Bertz CT molecular complexity index is 25.1. The first-order valence-electron chi connectivity index (χ1n) is 2.26. The molecule has 0 rings (SSSR count). The molecule has 0 nitrogen and oxygen atoms in total. The van der Waals surface area contributed by atoms with E-state index in [0.29, 0.717) is 5.25 Å². The van der Waals surface area contributed by atoms with Crippen molar-refractivity contribution in [1.82, 2.24) is 0 Å². The molecule has 0 aliphatic heterocycles. The van der Waals surface area contributed by atoms with Gasteiger partial charge < -0.3 is 0 Å². The molecule has 0 bridgehead atoms. The molecule has 1 heteroatoms. The highest BCUT2D eigenvalue weighted by molar-refractivity contribution is 7.81. The molecular weight excluding hydrogens is 92.1 g/mol. The van der Waals surface area contributed by atoms with E-state index in [-0.39, 0.29) is 0 Å². The molecule has 0 aliphatic carbocycles. The molecule has 1 unspecified atom stereocenters. The highest BCUT2D eigenvalue weighted by atomic mass is 32.1. The lowest BCUT2D eigenvalue weighted by atomic mass is 10.3. The van der Waals surface area contributed by atoms with E-state index in [9.17, 15) is 0 Å². The first kappa shape index (κ1) is 6.35. The second-order valence-electron chi connectivity index (χ2n) is 1.35. The Morgan fingerprint density at radius 3 is 2.33 bits per heavy atom. The number of hydrogen-bond acceptors (Lipinski definition) is 0. The molecule has 0 aromatic carbocycles. The van der Waals surface area contributed by atoms with Crippen molar-refractivity contribution < 1.29 is 0 Å². The second-order valence-corrected chi connectivity index (χ2v) is 2.09. The van der Waals surface area contributed by atoms with Crippen molar-refractivity contribution in [1.29, 1.82) is 0 Å². The van der Waals surface area contributed by atoms with Gasteiger partial charge in [0.25, 0.3) is 0 Å². The largest absolute Gasteiger partial charge is 0.0904 e. The van der Waals surface area contributed by atoms with E-state index in [2.05, 4.69) is 13.3 Å². The van der Waals surface area contributed by atoms with Crippen LogP contribution in [0.5, 0.6) is 0 Å². The minimum atomic E-state index is 0.356. The smallest absolute Gasteiger partial charge is 0.0154 e.